The minimum atomic E-state index is -4.42. The van der Waals surface area contributed by atoms with Crippen molar-refractivity contribution in [2.75, 3.05) is 18.0 Å². The van der Waals surface area contributed by atoms with Gasteiger partial charge in [0, 0.05) is 18.8 Å². The van der Waals surface area contributed by atoms with Crippen molar-refractivity contribution in [3.8, 4) is 0 Å². The summed E-state index contributed by atoms with van der Waals surface area (Å²) in [5.41, 5.74) is -0.192. The monoisotopic (exact) mass is 287 g/mol. The lowest BCUT2D eigenvalue weighted by molar-refractivity contribution is -0.138. The van der Waals surface area contributed by atoms with Crippen LogP contribution in [0.5, 0.6) is 0 Å². The van der Waals surface area contributed by atoms with E-state index in [0.717, 1.165) is 32.4 Å². The van der Waals surface area contributed by atoms with Crippen LogP contribution >= 0.6 is 0 Å². The Kier molecular flexibility index (Phi) is 4.58. The molecule has 1 unspecified atom stereocenters. The second kappa shape index (κ2) is 6.04. The molecule has 1 aromatic carbocycles. The molecule has 0 spiro atoms. The van der Waals surface area contributed by atoms with Gasteiger partial charge in [0.05, 0.1) is 12.2 Å². The SMILES string of the molecule is CC1CCCN(c2ccc(CO)c(C(F)(F)F)c2)CC1. The number of aliphatic hydroxyl groups is 1. The van der Waals surface area contributed by atoms with Crippen LogP contribution in [0, 0.1) is 5.92 Å². The third kappa shape index (κ3) is 3.45. The summed E-state index contributed by atoms with van der Waals surface area (Å²) in [6, 6.07) is 4.23. The third-order valence-corrected chi connectivity index (χ3v) is 3.95. The first kappa shape index (κ1) is 15.2. The Morgan fingerprint density at radius 2 is 2.00 bits per heavy atom. The molecular formula is C15H20F3NO. The number of anilines is 1. The van der Waals surface area contributed by atoms with E-state index in [4.69, 9.17) is 5.11 Å². The summed E-state index contributed by atoms with van der Waals surface area (Å²) < 4.78 is 39.0. The quantitative estimate of drug-likeness (QED) is 0.893. The molecule has 112 valence electrons. The van der Waals surface area contributed by atoms with Gasteiger partial charge in [-0.1, -0.05) is 13.0 Å². The van der Waals surface area contributed by atoms with E-state index in [-0.39, 0.29) is 5.56 Å². The Balaban J connectivity index is 2.28. The van der Waals surface area contributed by atoms with E-state index in [0.29, 0.717) is 11.6 Å². The number of hydrogen-bond acceptors (Lipinski definition) is 2. The fraction of sp³-hybridized carbons (Fsp3) is 0.600. The van der Waals surface area contributed by atoms with Crippen LogP contribution < -0.4 is 4.90 Å². The highest BCUT2D eigenvalue weighted by atomic mass is 19.4. The number of alkyl halides is 3. The highest BCUT2D eigenvalue weighted by Gasteiger charge is 2.33. The average molecular weight is 287 g/mol. The van der Waals surface area contributed by atoms with Gasteiger partial charge in [-0.25, -0.2) is 0 Å². The lowest BCUT2D eigenvalue weighted by atomic mass is 10.0. The van der Waals surface area contributed by atoms with Crippen LogP contribution in [-0.4, -0.2) is 18.2 Å². The largest absolute Gasteiger partial charge is 0.416 e. The minimum Gasteiger partial charge on any atom is -0.392 e. The van der Waals surface area contributed by atoms with E-state index in [2.05, 4.69) is 6.92 Å². The molecule has 0 aromatic heterocycles. The molecule has 0 amide bonds. The maximum atomic E-state index is 13.0. The van der Waals surface area contributed by atoms with Gasteiger partial charge in [-0.05, 0) is 42.9 Å². The molecule has 1 heterocycles. The van der Waals surface area contributed by atoms with Crippen LogP contribution in [-0.2, 0) is 12.8 Å². The van der Waals surface area contributed by atoms with E-state index in [9.17, 15) is 13.2 Å². The third-order valence-electron chi connectivity index (χ3n) is 3.95. The van der Waals surface area contributed by atoms with E-state index in [1.54, 1.807) is 6.07 Å². The molecule has 0 aliphatic carbocycles. The van der Waals surface area contributed by atoms with Gasteiger partial charge in [-0.15, -0.1) is 0 Å². The maximum absolute atomic E-state index is 13.0. The molecule has 0 radical (unpaired) electrons. The van der Waals surface area contributed by atoms with Crippen LogP contribution in [0.25, 0.3) is 0 Å². The first-order valence-electron chi connectivity index (χ1n) is 6.97. The fourth-order valence-corrected chi connectivity index (χ4v) is 2.68. The zero-order chi connectivity index (χ0) is 14.8. The normalized spacial score (nSPS) is 20.9. The smallest absolute Gasteiger partial charge is 0.392 e. The van der Waals surface area contributed by atoms with Crippen molar-refractivity contribution in [1.29, 1.82) is 0 Å². The van der Waals surface area contributed by atoms with Crippen molar-refractivity contribution >= 4 is 5.69 Å². The standard InChI is InChI=1S/C15H20F3NO/c1-11-3-2-7-19(8-6-11)13-5-4-12(10-20)14(9-13)15(16,17)18/h4-5,9,11,20H,2-3,6-8,10H2,1H3. The van der Waals surface area contributed by atoms with E-state index in [1.807, 2.05) is 4.90 Å². The molecular weight excluding hydrogens is 267 g/mol. The van der Waals surface area contributed by atoms with Crippen molar-refractivity contribution in [1.82, 2.24) is 0 Å². The Hall–Kier alpha value is -1.23. The average Bonchev–Trinajstić information content (AvgIpc) is 2.62. The highest BCUT2D eigenvalue weighted by molar-refractivity contribution is 5.52. The predicted molar refractivity (Wildman–Crippen MR) is 72.6 cm³/mol. The minimum absolute atomic E-state index is 0.0653. The number of halogens is 3. The summed E-state index contributed by atoms with van der Waals surface area (Å²) >= 11 is 0. The topological polar surface area (TPSA) is 23.5 Å². The zero-order valence-corrected chi connectivity index (χ0v) is 11.6. The van der Waals surface area contributed by atoms with Crippen LogP contribution in [0.3, 0.4) is 0 Å². The van der Waals surface area contributed by atoms with Crippen molar-refractivity contribution < 1.29 is 18.3 Å². The molecule has 2 rings (SSSR count). The Labute approximate surface area is 117 Å². The van der Waals surface area contributed by atoms with Crippen LogP contribution in [0.1, 0.15) is 37.3 Å². The van der Waals surface area contributed by atoms with Crippen molar-refractivity contribution in [2.45, 2.75) is 39.0 Å². The first-order chi connectivity index (χ1) is 9.41. The molecule has 1 N–H and O–H groups in total. The second-order valence-corrected chi connectivity index (χ2v) is 5.52. The zero-order valence-electron chi connectivity index (χ0n) is 11.6. The van der Waals surface area contributed by atoms with Gasteiger partial charge in [0.1, 0.15) is 0 Å². The van der Waals surface area contributed by atoms with Crippen LogP contribution in [0.15, 0.2) is 18.2 Å². The first-order valence-corrected chi connectivity index (χ1v) is 6.97. The fourth-order valence-electron chi connectivity index (χ4n) is 2.68. The van der Waals surface area contributed by atoms with Gasteiger partial charge in [-0.3, -0.25) is 0 Å². The van der Waals surface area contributed by atoms with Gasteiger partial charge in [0.15, 0.2) is 0 Å². The van der Waals surface area contributed by atoms with Crippen molar-refractivity contribution in [3.63, 3.8) is 0 Å². The number of benzene rings is 1. The molecule has 0 bridgehead atoms. The van der Waals surface area contributed by atoms with Crippen molar-refractivity contribution in [3.05, 3.63) is 29.3 Å². The summed E-state index contributed by atoms with van der Waals surface area (Å²) in [4.78, 5) is 2.01. The van der Waals surface area contributed by atoms with Gasteiger partial charge in [0.2, 0.25) is 0 Å². The maximum Gasteiger partial charge on any atom is 0.416 e. The lowest BCUT2D eigenvalue weighted by Gasteiger charge is -2.24. The van der Waals surface area contributed by atoms with Gasteiger partial charge in [-0.2, -0.15) is 13.2 Å². The van der Waals surface area contributed by atoms with Gasteiger partial charge in [0.25, 0.3) is 0 Å². The number of hydrogen-bond donors (Lipinski definition) is 1. The van der Waals surface area contributed by atoms with E-state index >= 15 is 0 Å². The molecule has 1 aliphatic heterocycles. The lowest BCUT2D eigenvalue weighted by Crippen LogP contribution is -2.24. The molecule has 1 saturated heterocycles. The molecule has 1 fully saturated rings. The Morgan fingerprint density at radius 3 is 2.65 bits per heavy atom. The number of rotatable bonds is 2. The van der Waals surface area contributed by atoms with E-state index in [1.165, 1.54) is 12.1 Å². The molecule has 20 heavy (non-hydrogen) atoms. The molecule has 1 aromatic rings. The second-order valence-electron chi connectivity index (χ2n) is 5.52. The highest BCUT2D eigenvalue weighted by Crippen LogP contribution is 2.35. The summed E-state index contributed by atoms with van der Waals surface area (Å²) in [5, 5.41) is 9.05. The van der Waals surface area contributed by atoms with Crippen LogP contribution in [0.2, 0.25) is 0 Å². The van der Waals surface area contributed by atoms with E-state index < -0.39 is 18.3 Å². The predicted octanol–water partition coefficient (Wildman–Crippen LogP) is 3.82. The Bertz CT molecular complexity index is 459. The summed E-state index contributed by atoms with van der Waals surface area (Å²) in [6.45, 7) is 3.17. The molecule has 1 aliphatic rings. The summed E-state index contributed by atoms with van der Waals surface area (Å²) in [5.74, 6) is 0.624. The van der Waals surface area contributed by atoms with Gasteiger partial charge < -0.3 is 10.0 Å². The Morgan fingerprint density at radius 1 is 1.25 bits per heavy atom. The number of nitrogens with zero attached hydrogens (tertiary/aromatic N) is 1. The summed E-state index contributed by atoms with van der Waals surface area (Å²) in [6.07, 6.45) is -1.29. The molecule has 1 atom stereocenters. The van der Waals surface area contributed by atoms with Crippen molar-refractivity contribution in [2.24, 2.45) is 5.92 Å². The van der Waals surface area contributed by atoms with Crippen LogP contribution in [0.4, 0.5) is 18.9 Å². The molecule has 2 nitrogen and oxygen atoms in total. The number of aliphatic hydroxyl groups excluding tert-OH is 1. The summed E-state index contributed by atoms with van der Waals surface area (Å²) in [7, 11) is 0. The van der Waals surface area contributed by atoms with Gasteiger partial charge >= 0.3 is 6.18 Å². The molecule has 0 saturated carbocycles. The molecule has 5 heteroatoms.